The Kier molecular flexibility index (Phi) is 8.19. The number of aliphatic hydroxyl groups excluding tert-OH is 1. The summed E-state index contributed by atoms with van der Waals surface area (Å²) in [5.74, 6) is -1.15. The second-order valence-electron chi connectivity index (χ2n) is 9.73. The Bertz CT molecular complexity index is 882. The summed E-state index contributed by atoms with van der Waals surface area (Å²) in [6.07, 6.45) is 6.92. The molecule has 3 N–H and O–H groups in total. The third-order valence-corrected chi connectivity index (χ3v) is 9.48. The SMILES string of the molecule is CCCCCNC(=O)C1N(CCCCCO)C(=O)[C@@H]2[C@@H](C(=O)Nc3ccccc3)[C@H]3CCC12S3. The number of rotatable bonds is 12. The van der Waals surface area contributed by atoms with Crippen molar-refractivity contribution >= 4 is 35.2 Å². The van der Waals surface area contributed by atoms with E-state index in [1.54, 1.807) is 16.7 Å². The summed E-state index contributed by atoms with van der Waals surface area (Å²) in [5, 5.41) is 15.3. The fourth-order valence-corrected chi connectivity index (χ4v) is 8.21. The Labute approximate surface area is 206 Å². The van der Waals surface area contributed by atoms with Gasteiger partial charge in [-0.15, -0.1) is 11.8 Å². The number of nitrogens with one attached hydrogen (secondary N) is 2. The number of carbonyl (C=O) groups excluding carboxylic acids is 3. The highest BCUT2D eigenvalue weighted by Gasteiger charge is 2.73. The number of para-hydroxylation sites is 1. The van der Waals surface area contributed by atoms with Gasteiger partial charge in [-0.1, -0.05) is 38.0 Å². The van der Waals surface area contributed by atoms with Crippen LogP contribution in [-0.2, 0) is 14.4 Å². The van der Waals surface area contributed by atoms with E-state index < -0.39 is 22.6 Å². The van der Waals surface area contributed by atoms with E-state index in [4.69, 9.17) is 5.11 Å². The van der Waals surface area contributed by atoms with E-state index in [9.17, 15) is 14.4 Å². The lowest BCUT2D eigenvalue weighted by Crippen LogP contribution is -2.53. The highest BCUT2D eigenvalue weighted by atomic mass is 32.2. The molecule has 186 valence electrons. The van der Waals surface area contributed by atoms with Gasteiger partial charge in [-0.2, -0.15) is 0 Å². The second kappa shape index (κ2) is 11.1. The van der Waals surface area contributed by atoms with Crippen molar-refractivity contribution in [2.45, 2.75) is 74.3 Å². The molecule has 3 aliphatic heterocycles. The van der Waals surface area contributed by atoms with Gasteiger partial charge >= 0.3 is 0 Å². The molecule has 0 aliphatic carbocycles. The highest BCUT2D eigenvalue weighted by Crippen LogP contribution is 2.66. The van der Waals surface area contributed by atoms with Crippen LogP contribution in [0.1, 0.15) is 58.3 Å². The van der Waals surface area contributed by atoms with Crippen molar-refractivity contribution in [3.05, 3.63) is 30.3 Å². The number of thioether (sulfide) groups is 1. The molecular weight excluding hydrogens is 450 g/mol. The first kappa shape index (κ1) is 25.0. The van der Waals surface area contributed by atoms with E-state index in [0.29, 0.717) is 19.5 Å². The van der Waals surface area contributed by atoms with Gasteiger partial charge in [-0.3, -0.25) is 14.4 Å². The molecule has 0 radical (unpaired) electrons. The number of anilines is 1. The molecule has 7 nitrogen and oxygen atoms in total. The van der Waals surface area contributed by atoms with E-state index >= 15 is 0 Å². The molecular formula is C26H37N3O4S. The molecule has 1 spiro atoms. The average Bonchev–Trinajstić information content (AvgIpc) is 3.47. The molecule has 34 heavy (non-hydrogen) atoms. The molecule has 3 saturated heterocycles. The number of likely N-dealkylation sites (tertiary alicyclic amines) is 1. The standard InChI is InChI=1S/C26H37N3O4S/c1-2-3-8-15-27-24(32)22-26-14-13-19(34-26)20(23(31)28-18-11-6-4-7-12-18)21(26)25(33)29(22)16-9-5-10-17-30/h4,6-7,11-12,19-22,30H,2-3,5,8-10,13-17H2,1H3,(H,27,32)(H,28,31)/t19-,20+,21+,22?,26?/m1/s1. The zero-order valence-electron chi connectivity index (χ0n) is 20.0. The fraction of sp³-hybridized carbons (Fsp3) is 0.654. The first-order valence-corrected chi connectivity index (χ1v) is 13.6. The summed E-state index contributed by atoms with van der Waals surface area (Å²) in [7, 11) is 0. The van der Waals surface area contributed by atoms with E-state index in [0.717, 1.165) is 50.6 Å². The molecule has 5 atom stereocenters. The summed E-state index contributed by atoms with van der Waals surface area (Å²) in [4.78, 5) is 42.4. The lowest BCUT2D eigenvalue weighted by Gasteiger charge is -2.34. The number of aliphatic hydroxyl groups is 1. The van der Waals surface area contributed by atoms with Gasteiger partial charge in [-0.25, -0.2) is 0 Å². The summed E-state index contributed by atoms with van der Waals surface area (Å²) in [6, 6.07) is 8.82. The molecule has 1 aromatic carbocycles. The largest absolute Gasteiger partial charge is 0.396 e. The molecule has 2 bridgehead atoms. The predicted octanol–water partition coefficient (Wildman–Crippen LogP) is 3.19. The van der Waals surface area contributed by atoms with Crippen molar-refractivity contribution in [2.75, 3.05) is 25.0 Å². The van der Waals surface area contributed by atoms with Gasteiger partial charge in [0.05, 0.1) is 16.6 Å². The van der Waals surface area contributed by atoms with Crippen molar-refractivity contribution in [1.29, 1.82) is 0 Å². The van der Waals surface area contributed by atoms with Crippen LogP contribution in [0.4, 0.5) is 5.69 Å². The number of hydrogen-bond donors (Lipinski definition) is 3. The van der Waals surface area contributed by atoms with Crippen LogP contribution in [0.5, 0.6) is 0 Å². The predicted molar refractivity (Wildman–Crippen MR) is 134 cm³/mol. The van der Waals surface area contributed by atoms with Gasteiger partial charge in [0.2, 0.25) is 17.7 Å². The Morgan fingerprint density at radius 3 is 2.65 bits per heavy atom. The molecule has 1 aromatic rings. The number of benzene rings is 1. The van der Waals surface area contributed by atoms with E-state index in [1.165, 1.54) is 0 Å². The van der Waals surface area contributed by atoms with Gasteiger partial charge in [0.1, 0.15) is 6.04 Å². The van der Waals surface area contributed by atoms with Crippen molar-refractivity contribution < 1.29 is 19.5 Å². The van der Waals surface area contributed by atoms with Crippen molar-refractivity contribution in [2.24, 2.45) is 11.8 Å². The number of fused-ring (bicyclic) bond motifs is 1. The van der Waals surface area contributed by atoms with Crippen molar-refractivity contribution in [3.8, 4) is 0 Å². The average molecular weight is 488 g/mol. The maximum absolute atomic E-state index is 13.8. The summed E-state index contributed by atoms with van der Waals surface area (Å²) < 4.78 is -0.535. The summed E-state index contributed by atoms with van der Waals surface area (Å²) >= 11 is 1.70. The van der Waals surface area contributed by atoms with E-state index in [2.05, 4.69) is 17.6 Å². The molecule has 0 saturated carbocycles. The minimum absolute atomic E-state index is 0.0550. The van der Waals surface area contributed by atoms with Crippen LogP contribution < -0.4 is 10.6 Å². The van der Waals surface area contributed by atoms with Crippen LogP contribution in [0.15, 0.2) is 30.3 Å². The van der Waals surface area contributed by atoms with Crippen LogP contribution in [-0.4, -0.2) is 63.5 Å². The zero-order chi connectivity index (χ0) is 24.1. The van der Waals surface area contributed by atoms with Crippen LogP contribution in [0.25, 0.3) is 0 Å². The van der Waals surface area contributed by atoms with Gasteiger partial charge in [0.15, 0.2) is 0 Å². The number of unbranched alkanes of at least 4 members (excludes halogenated alkanes) is 4. The third-order valence-electron chi connectivity index (χ3n) is 7.53. The fourth-order valence-electron chi connectivity index (χ4n) is 6.00. The third kappa shape index (κ3) is 4.71. The molecule has 3 amide bonds. The Morgan fingerprint density at radius 2 is 1.91 bits per heavy atom. The lowest BCUT2D eigenvalue weighted by molar-refractivity contribution is -0.139. The number of nitrogens with zero attached hydrogens (tertiary/aromatic N) is 1. The maximum Gasteiger partial charge on any atom is 0.244 e. The number of hydrogen-bond acceptors (Lipinski definition) is 5. The van der Waals surface area contributed by atoms with Crippen LogP contribution in [0, 0.1) is 11.8 Å². The molecule has 2 unspecified atom stereocenters. The van der Waals surface area contributed by atoms with Crippen molar-refractivity contribution in [3.63, 3.8) is 0 Å². The smallest absolute Gasteiger partial charge is 0.244 e. The molecule has 3 fully saturated rings. The second-order valence-corrected chi connectivity index (χ2v) is 11.3. The first-order valence-electron chi connectivity index (χ1n) is 12.8. The van der Waals surface area contributed by atoms with E-state index in [-0.39, 0.29) is 29.6 Å². The van der Waals surface area contributed by atoms with Crippen molar-refractivity contribution in [1.82, 2.24) is 10.2 Å². The van der Waals surface area contributed by atoms with Gasteiger partial charge < -0.3 is 20.6 Å². The molecule has 8 heteroatoms. The molecule has 3 aliphatic rings. The topological polar surface area (TPSA) is 98.7 Å². The zero-order valence-corrected chi connectivity index (χ0v) is 20.8. The van der Waals surface area contributed by atoms with Gasteiger partial charge in [0, 0.05) is 30.6 Å². The van der Waals surface area contributed by atoms with Crippen LogP contribution in [0.2, 0.25) is 0 Å². The molecule has 0 aromatic heterocycles. The van der Waals surface area contributed by atoms with E-state index in [1.807, 2.05) is 30.3 Å². The Balaban J connectivity index is 1.56. The monoisotopic (exact) mass is 487 g/mol. The van der Waals surface area contributed by atoms with Gasteiger partial charge in [0.25, 0.3) is 0 Å². The number of carbonyl (C=O) groups is 3. The highest BCUT2D eigenvalue weighted by molar-refractivity contribution is 8.02. The molecule has 4 rings (SSSR count). The Morgan fingerprint density at radius 1 is 1.12 bits per heavy atom. The lowest BCUT2D eigenvalue weighted by atomic mass is 9.70. The Hall–Kier alpha value is -2.06. The van der Waals surface area contributed by atoms with Crippen LogP contribution in [0.3, 0.4) is 0 Å². The summed E-state index contributed by atoms with van der Waals surface area (Å²) in [6.45, 7) is 3.36. The first-order chi connectivity index (χ1) is 16.5. The summed E-state index contributed by atoms with van der Waals surface area (Å²) in [5.41, 5.74) is 0.728. The minimum Gasteiger partial charge on any atom is -0.396 e. The van der Waals surface area contributed by atoms with Gasteiger partial charge in [-0.05, 0) is 50.7 Å². The van der Waals surface area contributed by atoms with Crippen LogP contribution >= 0.6 is 11.8 Å². The quantitative estimate of drug-likeness (QED) is 0.393. The molecule has 3 heterocycles. The minimum atomic E-state index is -0.537. The number of amides is 3. The maximum atomic E-state index is 13.8. The normalized spacial score (nSPS) is 29.4.